The number of hydrogen-bond acceptors (Lipinski definition) is 2. The van der Waals surface area contributed by atoms with Gasteiger partial charge in [-0.15, -0.1) is 0 Å². The van der Waals surface area contributed by atoms with Gasteiger partial charge in [0.15, 0.2) is 0 Å². The Morgan fingerprint density at radius 1 is 1.20 bits per heavy atom. The van der Waals surface area contributed by atoms with Crippen LogP contribution in [0.2, 0.25) is 5.02 Å². The monoisotopic (exact) mass is 358 g/mol. The van der Waals surface area contributed by atoms with E-state index >= 15 is 0 Å². The molecule has 3 rings (SSSR count). The fourth-order valence-corrected chi connectivity index (χ4v) is 3.02. The van der Waals surface area contributed by atoms with Crippen molar-refractivity contribution in [2.24, 2.45) is 5.92 Å². The van der Waals surface area contributed by atoms with Gasteiger partial charge in [0.05, 0.1) is 7.11 Å². The van der Waals surface area contributed by atoms with Crippen molar-refractivity contribution >= 4 is 23.3 Å². The Bertz CT molecular complexity index is 711. The Hall–Kier alpha value is -2.20. The number of amides is 2. The summed E-state index contributed by atoms with van der Waals surface area (Å²) in [6.07, 6.45) is 2.38. The highest BCUT2D eigenvalue weighted by Gasteiger charge is 2.34. The van der Waals surface area contributed by atoms with E-state index in [1.807, 2.05) is 41.3 Å². The Morgan fingerprint density at radius 3 is 2.40 bits per heavy atom. The van der Waals surface area contributed by atoms with E-state index in [0.717, 1.165) is 17.0 Å². The lowest BCUT2D eigenvalue weighted by molar-refractivity contribution is 0.180. The number of methoxy groups -OCH3 is 1. The minimum atomic E-state index is -0.0856. The van der Waals surface area contributed by atoms with Gasteiger partial charge in [-0.05, 0) is 67.6 Å². The molecule has 2 amide bonds. The number of carbonyl (C=O) groups excluding carboxylic acids is 1. The van der Waals surface area contributed by atoms with Crippen LogP contribution in [0.5, 0.6) is 5.75 Å². The molecule has 0 aromatic heterocycles. The molecule has 0 saturated heterocycles. The normalized spacial score (nSPS) is 14.7. The molecular weight excluding hydrogens is 336 g/mol. The summed E-state index contributed by atoms with van der Waals surface area (Å²) in [6.45, 7) is 2.70. The topological polar surface area (TPSA) is 41.6 Å². The van der Waals surface area contributed by atoms with Gasteiger partial charge >= 0.3 is 6.03 Å². The van der Waals surface area contributed by atoms with E-state index in [2.05, 4.69) is 12.2 Å². The number of nitrogens with zero attached hydrogens (tertiary/aromatic N) is 1. The molecular formula is C20H23ClN2O2. The van der Waals surface area contributed by atoms with Crippen LogP contribution in [0.25, 0.3) is 0 Å². The number of rotatable bonds is 6. The zero-order valence-corrected chi connectivity index (χ0v) is 15.3. The molecule has 2 aromatic carbocycles. The van der Waals surface area contributed by atoms with Gasteiger partial charge in [0, 0.05) is 23.3 Å². The Balaban J connectivity index is 1.73. The molecule has 5 heteroatoms. The van der Waals surface area contributed by atoms with E-state index in [0.29, 0.717) is 17.5 Å². The largest absolute Gasteiger partial charge is 0.497 e. The molecule has 1 unspecified atom stereocenters. The van der Waals surface area contributed by atoms with Crippen molar-refractivity contribution in [3.05, 3.63) is 59.1 Å². The van der Waals surface area contributed by atoms with Crippen LogP contribution in [0.3, 0.4) is 0 Å². The number of halogens is 1. The number of nitrogens with one attached hydrogen (secondary N) is 1. The Kier molecular flexibility index (Phi) is 5.49. The maximum atomic E-state index is 12.9. The second-order valence-electron chi connectivity index (χ2n) is 6.49. The van der Waals surface area contributed by atoms with Crippen molar-refractivity contribution in [3.63, 3.8) is 0 Å². The van der Waals surface area contributed by atoms with Crippen LogP contribution in [0.1, 0.15) is 25.3 Å². The van der Waals surface area contributed by atoms with Crippen LogP contribution in [-0.2, 0) is 6.54 Å². The number of urea groups is 1. The van der Waals surface area contributed by atoms with Gasteiger partial charge in [-0.25, -0.2) is 4.79 Å². The minimum absolute atomic E-state index is 0.0856. The first kappa shape index (κ1) is 17.6. The molecule has 1 aliphatic rings. The molecule has 132 valence electrons. The van der Waals surface area contributed by atoms with E-state index in [4.69, 9.17) is 16.3 Å². The van der Waals surface area contributed by atoms with Gasteiger partial charge in [-0.3, -0.25) is 0 Å². The van der Waals surface area contributed by atoms with Crippen molar-refractivity contribution in [2.75, 3.05) is 12.4 Å². The zero-order chi connectivity index (χ0) is 17.8. The lowest BCUT2D eigenvalue weighted by atomic mass is 10.1. The van der Waals surface area contributed by atoms with E-state index in [-0.39, 0.29) is 12.1 Å². The Labute approximate surface area is 153 Å². The number of anilines is 1. The fourth-order valence-electron chi connectivity index (χ4n) is 2.89. The molecule has 2 aromatic rings. The summed E-state index contributed by atoms with van der Waals surface area (Å²) < 4.78 is 5.20. The molecule has 1 aliphatic carbocycles. The number of benzene rings is 2. The van der Waals surface area contributed by atoms with Crippen molar-refractivity contribution in [1.82, 2.24) is 4.90 Å². The Morgan fingerprint density at radius 2 is 1.84 bits per heavy atom. The van der Waals surface area contributed by atoms with Crippen LogP contribution < -0.4 is 10.1 Å². The highest BCUT2D eigenvalue weighted by molar-refractivity contribution is 6.30. The average molecular weight is 359 g/mol. The van der Waals surface area contributed by atoms with Crippen molar-refractivity contribution in [1.29, 1.82) is 0 Å². The second kappa shape index (κ2) is 7.79. The van der Waals surface area contributed by atoms with E-state index < -0.39 is 0 Å². The molecule has 1 fully saturated rings. The number of hydrogen-bond donors (Lipinski definition) is 1. The summed E-state index contributed by atoms with van der Waals surface area (Å²) in [5.74, 6) is 1.41. The molecule has 25 heavy (non-hydrogen) atoms. The lowest BCUT2D eigenvalue weighted by Crippen LogP contribution is -2.42. The molecule has 4 nitrogen and oxygen atoms in total. The second-order valence-corrected chi connectivity index (χ2v) is 6.93. The highest BCUT2D eigenvalue weighted by Crippen LogP contribution is 2.36. The smallest absolute Gasteiger partial charge is 0.322 e. The van der Waals surface area contributed by atoms with E-state index in [1.165, 1.54) is 12.8 Å². The van der Waals surface area contributed by atoms with E-state index in [9.17, 15) is 4.79 Å². The maximum absolute atomic E-state index is 12.9. The molecule has 0 heterocycles. The minimum Gasteiger partial charge on any atom is -0.497 e. The summed E-state index contributed by atoms with van der Waals surface area (Å²) in [4.78, 5) is 14.8. The molecule has 1 atom stereocenters. The quantitative estimate of drug-likeness (QED) is 0.772. The van der Waals surface area contributed by atoms with Crippen LogP contribution in [0, 0.1) is 5.92 Å². The summed E-state index contributed by atoms with van der Waals surface area (Å²) in [5.41, 5.74) is 1.83. The fraction of sp³-hybridized carbons (Fsp3) is 0.350. The summed E-state index contributed by atoms with van der Waals surface area (Å²) in [6, 6.07) is 15.1. The first-order valence-electron chi connectivity index (χ1n) is 8.53. The zero-order valence-electron chi connectivity index (χ0n) is 14.5. The van der Waals surface area contributed by atoms with Crippen LogP contribution in [0.15, 0.2) is 48.5 Å². The van der Waals surface area contributed by atoms with Gasteiger partial charge in [0.25, 0.3) is 0 Å². The highest BCUT2D eigenvalue weighted by atomic mass is 35.5. The first-order chi connectivity index (χ1) is 12.1. The van der Waals surface area contributed by atoms with Crippen LogP contribution >= 0.6 is 11.6 Å². The summed E-state index contributed by atoms with van der Waals surface area (Å²) in [7, 11) is 1.65. The van der Waals surface area contributed by atoms with Gasteiger partial charge in [-0.1, -0.05) is 23.7 Å². The lowest BCUT2D eigenvalue weighted by Gasteiger charge is -2.30. The van der Waals surface area contributed by atoms with Crippen molar-refractivity contribution in [3.8, 4) is 5.75 Å². The van der Waals surface area contributed by atoms with Gasteiger partial charge in [0.2, 0.25) is 0 Å². The van der Waals surface area contributed by atoms with Crippen molar-refractivity contribution < 1.29 is 9.53 Å². The maximum Gasteiger partial charge on any atom is 0.322 e. The average Bonchev–Trinajstić information content (AvgIpc) is 3.46. The van der Waals surface area contributed by atoms with Gasteiger partial charge in [0.1, 0.15) is 5.75 Å². The molecule has 1 saturated carbocycles. The predicted molar refractivity (Wildman–Crippen MR) is 101 cm³/mol. The molecule has 1 N–H and O–H groups in total. The SMILES string of the molecule is COc1ccc(CN(C(=O)Nc2ccc(Cl)cc2)C(C)C2CC2)cc1. The van der Waals surface area contributed by atoms with Crippen LogP contribution in [-0.4, -0.2) is 24.1 Å². The molecule has 0 radical (unpaired) electrons. The predicted octanol–water partition coefficient (Wildman–Crippen LogP) is 5.18. The standard InChI is InChI=1S/C20H23ClN2O2/c1-14(16-5-6-16)23(13-15-3-11-19(25-2)12-4-15)20(24)22-18-9-7-17(21)8-10-18/h3-4,7-12,14,16H,5-6,13H2,1-2H3,(H,22,24). The third-order valence-electron chi connectivity index (χ3n) is 4.66. The molecule has 0 spiro atoms. The third kappa shape index (κ3) is 4.67. The molecule has 0 bridgehead atoms. The first-order valence-corrected chi connectivity index (χ1v) is 8.90. The van der Waals surface area contributed by atoms with Gasteiger partial charge in [-0.2, -0.15) is 0 Å². The number of carbonyl (C=O) groups is 1. The third-order valence-corrected chi connectivity index (χ3v) is 4.92. The summed E-state index contributed by atoms with van der Waals surface area (Å²) in [5, 5.41) is 3.63. The molecule has 0 aliphatic heterocycles. The summed E-state index contributed by atoms with van der Waals surface area (Å²) >= 11 is 5.91. The van der Waals surface area contributed by atoms with Gasteiger partial charge < -0.3 is 15.0 Å². The van der Waals surface area contributed by atoms with Crippen molar-refractivity contribution in [2.45, 2.75) is 32.4 Å². The number of ether oxygens (including phenoxy) is 1. The van der Waals surface area contributed by atoms with Crippen LogP contribution in [0.4, 0.5) is 10.5 Å². The van der Waals surface area contributed by atoms with E-state index in [1.54, 1.807) is 19.2 Å².